The van der Waals surface area contributed by atoms with Crippen molar-refractivity contribution in [2.45, 2.75) is 32.6 Å². The van der Waals surface area contributed by atoms with Gasteiger partial charge in [-0.1, -0.05) is 110 Å². The summed E-state index contributed by atoms with van der Waals surface area (Å²) >= 11 is 0. The first-order valence-electron chi connectivity index (χ1n) is 18.4. The van der Waals surface area contributed by atoms with E-state index in [4.69, 9.17) is 9.72 Å². The minimum atomic E-state index is -0.0602. The Labute approximate surface area is 332 Å². The molecule has 1 aromatic heterocycles. The smallest absolute Gasteiger partial charge is 0.399 e. The van der Waals surface area contributed by atoms with Gasteiger partial charge in [-0.2, -0.15) is 6.07 Å². The van der Waals surface area contributed by atoms with E-state index in [1.807, 2.05) is 24.3 Å². The van der Waals surface area contributed by atoms with Crippen molar-refractivity contribution in [3.8, 4) is 34.1 Å². The van der Waals surface area contributed by atoms with Gasteiger partial charge in [-0.15, -0.1) is 36.6 Å². The van der Waals surface area contributed by atoms with Crippen LogP contribution in [-0.4, -0.2) is 23.5 Å². The second-order valence-corrected chi connectivity index (χ2v) is 14.3. The zero-order valence-corrected chi connectivity index (χ0v) is 32.6. The van der Waals surface area contributed by atoms with E-state index in [-0.39, 0.29) is 28.0 Å². The number of ether oxygens (including phenoxy) is 1. The first-order valence-corrected chi connectivity index (χ1v) is 18.4. The number of hydrogen-bond acceptors (Lipinski definition) is 5. The van der Waals surface area contributed by atoms with Crippen molar-refractivity contribution >= 4 is 40.9 Å². The maximum atomic E-state index is 6.58. The number of anilines is 5. The molecule has 0 atom stereocenters. The van der Waals surface area contributed by atoms with Crippen molar-refractivity contribution in [3.05, 3.63) is 169 Å². The zero-order chi connectivity index (χ0) is 35.6. The molecule has 0 unspecified atom stereocenters. The molecule has 10 rings (SSSR count). The number of fused-ring (bicyclic) bond motifs is 7. The van der Waals surface area contributed by atoms with Crippen LogP contribution < -0.4 is 24.8 Å². The minimum absolute atomic E-state index is 0. The fraction of sp³-hybridized carbons (Fsp3) is 0.130. The molecule has 3 aliphatic rings. The summed E-state index contributed by atoms with van der Waals surface area (Å²) in [6.07, 6.45) is 4.01. The summed E-state index contributed by atoms with van der Waals surface area (Å²) in [6.45, 7) is 6.65. The summed E-state index contributed by atoms with van der Waals surface area (Å²) < 4.78 is 9.01. The van der Waals surface area contributed by atoms with Crippen LogP contribution in [0.1, 0.15) is 36.5 Å². The van der Waals surface area contributed by atoms with E-state index in [2.05, 4.69) is 168 Å². The summed E-state index contributed by atoms with van der Waals surface area (Å²) in [6, 6.07) is 51.9. The Bertz CT molecular complexity index is 2520. The van der Waals surface area contributed by atoms with Crippen LogP contribution in [0.15, 0.2) is 134 Å². The van der Waals surface area contributed by atoms with Crippen molar-refractivity contribution in [2.24, 2.45) is 0 Å². The maximum Gasteiger partial charge on any atom is 0.399 e. The van der Waals surface area contributed by atoms with Gasteiger partial charge in [0.2, 0.25) is 0 Å². The number of nitrogens with zero attached hydrogens (tertiary/aromatic N) is 5. The Balaban J connectivity index is 0.00000384. The van der Waals surface area contributed by atoms with Crippen LogP contribution in [0.3, 0.4) is 0 Å². The molecule has 0 aliphatic carbocycles. The van der Waals surface area contributed by atoms with Gasteiger partial charge in [-0.3, -0.25) is 4.98 Å². The van der Waals surface area contributed by atoms with E-state index >= 15 is 0 Å². The maximum absolute atomic E-state index is 6.58. The number of benzene rings is 6. The van der Waals surface area contributed by atoms with Crippen molar-refractivity contribution in [2.75, 3.05) is 21.7 Å². The van der Waals surface area contributed by atoms with Crippen LogP contribution in [0.5, 0.6) is 11.5 Å². The van der Waals surface area contributed by atoms with Gasteiger partial charge < -0.3 is 23.8 Å². The number of hydrogen-bond donors (Lipinski definition) is 0. The van der Waals surface area contributed by atoms with Crippen LogP contribution in [-0.2, 0) is 33.9 Å². The third-order valence-electron chi connectivity index (χ3n) is 10.9. The molecule has 8 heteroatoms. The molecule has 268 valence electrons. The van der Waals surface area contributed by atoms with E-state index in [1.54, 1.807) is 0 Å². The van der Waals surface area contributed by atoms with Gasteiger partial charge in [-0.25, -0.2) is 0 Å². The SMILES string of the molecule is CC(C)c1cccc2c1B1N(C)c3ccc(Oc4[c-]c(N5[CH-]N(c6ccccc6)c6ccccc65)ccc4)[c-]c3-c3ncc(n31)-c1ccccc1CC2.[Pt]. The summed E-state index contributed by atoms with van der Waals surface area (Å²) in [7, 11) is 2.20. The number of para-hydroxylation sites is 3. The van der Waals surface area contributed by atoms with Gasteiger partial charge in [0.05, 0.1) is 0 Å². The van der Waals surface area contributed by atoms with Crippen molar-refractivity contribution in [1.29, 1.82) is 0 Å². The topological polar surface area (TPSA) is 36.8 Å². The average molecular weight is 882 g/mol. The van der Waals surface area contributed by atoms with E-state index in [9.17, 15) is 0 Å². The van der Waals surface area contributed by atoms with Gasteiger partial charge in [0.1, 0.15) is 0 Å². The normalized spacial score (nSPS) is 13.9. The number of aromatic nitrogens is 2. The molecule has 0 fully saturated rings. The molecular weight excluding hydrogens is 844 g/mol. The van der Waals surface area contributed by atoms with Gasteiger partial charge in [0, 0.05) is 72.9 Å². The minimum Gasteiger partial charge on any atom is -0.503 e. The fourth-order valence-electron chi connectivity index (χ4n) is 8.39. The van der Waals surface area contributed by atoms with Gasteiger partial charge in [0.25, 0.3) is 0 Å². The monoisotopic (exact) mass is 881 g/mol. The molecule has 4 heterocycles. The Kier molecular flexibility index (Phi) is 8.70. The molecule has 0 radical (unpaired) electrons. The Morgan fingerprint density at radius 2 is 1.41 bits per heavy atom. The Hall–Kier alpha value is -5.52. The van der Waals surface area contributed by atoms with Gasteiger partial charge in [-0.05, 0) is 72.2 Å². The second kappa shape index (κ2) is 13.7. The van der Waals surface area contributed by atoms with Crippen LogP contribution in [0, 0.1) is 18.8 Å². The third kappa shape index (κ3) is 5.56. The summed E-state index contributed by atoms with van der Waals surface area (Å²) in [5, 5.41) is 0. The Morgan fingerprint density at radius 3 is 2.24 bits per heavy atom. The first kappa shape index (κ1) is 34.3. The molecular formula is C46H37BN5OPt-3. The largest absolute Gasteiger partial charge is 0.503 e. The summed E-state index contributed by atoms with van der Waals surface area (Å²) in [5.74, 6) is 2.50. The molecule has 6 nitrogen and oxygen atoms in total. The third-order valence-corrected chi connectivity index (χ3v) is 10.9. The quantitative estimate of drug-likeness (QED) is 0.127. The molecule has 0 bridgehead atoms. The molecule has 0 spiro atoms. The second-order valence-electron chi connectivity index (χ2n) is 14.3. The van der Waals surface area contributed by atoms with Crippen LogP contribution in [0.2, 0.25) is 0 Å². The molecule has 3 aliphatic heterocycles. The molecule has 0 amide bonds. The van der Waals surface area contributed by atoms with Crippen LogP contribution in [0.25, 0.3) is 22.6 Å². The Morgan fingerprint density at radius 1 is 0.704 bits per heavy atom. The molecule has 54 heavy (non-hydrogen) atoms. The number of aryl methyl sites for hydroxylation is 2. The number of rotatable bonds is 5. The van der Waals surface area contributed by atoms with Crippen LogP contribution in [0.4, 0.5) is 28.4 Å². The molecule has 6 aromatic carbocycles. The van der Waals surface area contributed by atoms with Gasteiger partial charge >= 0.3 is 6.98 Å². The molecule has 0 N–H and O–H groups in total. The molecule has 0 saturated heterocycles. The first-order chi connectivity index (χ1) is 26.0. The fourth-order valence-corrected chi connectivity index (χ4v) is 8.39. The predicted molar refractivity (Wildman–Crippen MR) is 216 cm³/mol. The van der Waals surface area contributed by atoms with E-state index < -0.39 is 0 Å². The van der Waals surface area contributed by atoms with Crippen molar-refractivity contribution < 1.29 is 25.8 Å². The zero-order valence-electron chi connectivity index (χ0n) is 30.3. The van der Waals surface area contributed by atoms with Crippen molar-refractivity contribution in [1.82, 2.24) is 9.46 Å². The van der Waals surface area contributed by atoms with Crippen molar-refractivity contribution in [3.63, 3.8) is 0 Å². The van der Waals surface area contributed by atoms with Crippen LogP contribution >= 0.6 is 0 Å². The average Bonchev–Trinajstić information content (AvgIpc) is 3.82. The van der Waals surface area contributed by atoms with Gasteiger partial charge in [0.15, 0.2) is 0 Å². The molecule has 7 aromatic rings. The van der Waals surface area contributed by atoms with E-state index in [0.717, 1.165) is 58.4 Å². The summed E-state index contributed by atoms with van der Waals surface area (Å²) in [5.41, 5.74) is 14.0. The predicted octanol–water partition coefficient (Wildman–Crippen LogP) is 9.93. The van der Waals surface area contributed by atoms with E-state index in [1.165, 1.54) is 27.7 Å². The summed E-state index contributed by atoms with van der Waals surface area (Å²) in [4.78, 5) is 11.9. The van der Waals surface area contributed by atoms with E-state index in [0.29, 0.717) is 17.4 Å². The molecule has 0 saturated carbocycles. The standard InChI is InChI=1S/C46H37BN5O.Pt/c1-31(2)38-20-11-14-33-24-23-32-13-7-8-19-39(32)44-29-48-46-40-28-37(25-26-41(40)49(3)47(45(33)38)52(44)46)53-36-18-12-17-35(27-36)51-30-50(34-15-5-4-6-16-34)42-21-9-10-22-43(42)51;/h4-22,25-26,29-31H,23-24H2,1-3H3;/q-3;. The number of imidazole rings is 1.